The van der Waals surface area contributed by atoms with Gasteiger partial charge in [-0.1, -0.05) is 6.07 Å². The molecule has 0 aromatic carbocycles. The SMILES string of the molecule is FC(F)(F)c1nc(Cc2cccs2)nc2c1CNCC2. The summed E-state index contributed by atoms with van der Waals surface area (Å²) in [5, 5.41) is 4.83. The molecule has 0 radical (unpaired) electrons. The van der Waals surface area contributed by atoms with Crippen LogP contribution >= 0.6 is 11.3 Å². The van der Waals surface area contributed by atoms with Gasteiger partial charge in [0.05, 0.1) is 5.69 Å². The highest BCUT2D eigenvalue weighted by molar-refractivity contribution is 7.09. The molecule has 3 rings (SSSR count). The van der Waals surface area contributed by atoms with E-state index in [1.165, 1.54) is 11.3 Å². The van der Waals surface area contributed by atoms with Gasteiger partial charge in [-0.3, -0.25) is 0 Å². The zero-order chi connectivity index (χ0) is 14.2. The summed E-state index contributed by atoms with van der Waals surface area (Å²) in [5.41, 5.74) is -0.0717. The molecule has 0 fully saturated rings. The third-order valence-electron chi connectivity index (χ3n) is 3.16. The third-order valence-corrected chi connectivity index (χ3v) is 4.04. The van der Waals surface area contributed by atoms with Crippen molar-refractivity contribution in [3.05, 3.63) is 45.2 Å². The minimum atomic E-state index is -4.43. The summed E-state index contributed by atoms with van der Waals surface area (Å²) in [7, 11) is 0. The summed E-state index contributed by atoms with van der Waals surface area (Å²) >= 11 is 1.49. The van der Waals surface area contributed by atoms with Crippen LogP contribution in [0.5, 0.6) is 0 Å². The van der Waals surface area contributed by atoms with E-state index in [9.17, 15) is 13.2 Å². The molecule has 3 nitrogen and oxygen atoms in total. The lowest BCUT2D eigenvalue weighted by Gasteiger charge is -2.21. The van der Waals surface area contributed by atoms with Crippen molar-refractivity contribution in [3.8, 4) is 0 Å². The molecular weight excluding hydrogens is 287 g/mol. The van der Waals surface area contributed by atoms with Crippen LogP contribution in [0, 0.1) is 0 Å². The van der Waals surface area contributed by atoms with Crippen LogP contribution in [-0.2, 0) is 25.6 Å². The summed E-state index contributed by atoms with van der Waals surface area (Å²) in [5.74, 6) is 0.250. The number of fused-ring (bicyclic) bond motifs is 1. The highest BCUT2D eigenvalue weighted by Crippen LogP contribution is 2.32. The maximum absolute atomic E-state index is 13.1. The smallest absolute Gasteiger partial charge is 0.312 e. The van der Waals surface area contributed by atoms with Crippen molar-refractivity contribution in [2.45, 2.75) is 25.6 Å². The molecule has 0 amide bonds. The van der Waals surface area contributed by atoms with E-state index < -0.39 is 11.9 Å². The largest absolute Gasteiger partial charge is 0.433 e. The average molecular weight is 299 g/mol. The fraction of sp³-hybridized carbons (Fsp3) is 0.385. The predicted octanol–water partition coefficient (Wildman–Crippen LogP) is 2.79. The Labute approximate surface area is 117 Å². The Morgan fingerprint density at radius 2 is 2.15 bits per heavy atom. The first-order valence-corrected chi connectivity index (χ1v) is 7.11. The van der Waals surface area contributed by atoms with Gasteiger partial charge in [0.15, 0.2) is 5.69 Å². The Morgan fingerprint density at radius 3 is 2.85 bits per heavy atom. The van der Waals surface area contributed by atoms with E-state index in [0.717, 1.165) is 4.88 Å². The summed E-state index contributed by atoms with van der Waals surface area (Å²) in [4.78, 5) is 9.05. The van der Waals surface area contributed by atoms with Gasteiger partial charge < -0.3 is 5.32 Å². The molecule has 0 saturated carbocycles. The lowest BCUT2D eigenvalue weighted by Crippen LogP contribution is -2.29. The number of thiophene rings is 1. The Hall–Kier alpha value is -1.47. The van der Waals surface area contributed by atoms with Gasteiger partial charge in [0.1, 0.15) is 5.82 Å². The number of hydrogen-bond donors (Lipinski definition) is 1. The highest BCUT2D eigenvalue weighted by Gasteiger charge is 2.37. The summed E-state index contributed by atoms with van der Waals surface area (Å²) < 4.78 is 39.4. The highest BCUT2D eigenvalue weighted by atomic mass is 32.1. The molecule has 0 spiro atoms. The minimum absolute atomic E-state index is 0.184. The van der Waals surface area contributed by atoms with E-state index in [-0.39, 0.29) is 17.9 Å². The van der Waals surface area contributed by atoms with E-state index in [0.29, 0.717) is 25.1 Å². The van der Waals surface area contributed by atoms with Gasteiger partial charge in [-0.15, -0.1) is 11.3 Å². The molecule has 3 heterocycles. The number of hydrogen-bond acceptors (Lipinski definition) is 4. The standard InChI is InChI=1S/C13H12F3N3S/c14-13(15,16)12-9-7-17-4-3-10(9)18-11(19-12)6-8-2-1-5-20-8/h1-2,5,17H,3-4,6-7H2. The lowest BCUT2D eigenvalue weighted by molar-refractivity contribution is -0.142. The van der Waals surface area contributed by atoms with Gasteiger partial charge in [0, 0.05) is 36.4 Å². The number of nitrogens with one attached hydrogen (secondary N) is 1. The first kappa shape index (κ1) is 13.5. The number of nitrogens with zero attached hydrogens (tertiary/aromatic N) is 2. The van der Waals surface area contributed by atoms with E-state index in [1.807, 2.05) is 17.5 Å². The molecule has 0 atom stereocenters. The predicted molar refractivity (Wildman–Crippen MR) is 69.6 cm³/mol. The third kappa shape index (κ3) is 2.69. The van der Waals surface area contributed by atoms with E-state index in [1.54, 1.807) is 0 Å². The van der Waals surface area contributed by atoms with Crippen LogP contribution in [0.2, 0.25) is 0 Å². The Bertz CT molecular complexity index is 608. The van der Waals surface area contributed by atoms with Gasteiger partial charge in [-0.05, 0) is 11.4 Å². The van der Waals surface area contributed by atoms with Crippen molar-refractivity contribution in [2.24, 2.45) is 0 Å². The van der Waals surface area contributed by atoms with Gasteiger partial charge in [-0.2, -0.15) is 13.2 Å². The fourth-order valence-corrected chi connectivity index (χ4v) is 2.98. The monoisotopic (exact) mass is 299 g/mol. The second-order valence-electron chi connectivity index (χ2n) is 4.59. The van der Waals surface area contributed by atoms with Gasteiger partial charge in [0.25, 0.3) is 0 Å². The second kappa shape index (κ2) is 5.14. The van der Waals surface area contributed by atoms with Gasteiger partial charge >= 0.3 is 6.18 Å². The van der Waals surface area contributed by atoms with Crippen molar-refractivity contribution in [1.29, 1.82) is 0 Å². The minimum Gasteiger partial charge on any atom is -0.312 e. The van der Waals surface area contributed by atoms with Gasteiger partial charge in [0.2, 0.25) is 0 Å². The normalized spacial score (nSPS) is 15.2. The van der Waals surface area contributed by atoms with Crippen molar-refractivity contribution in [3.63, 3.8) is 0 Å². The van der Waals surface area contributed by atoms with Crippen LogP contribution in [0.1, 0.15) is 27.7 Å². The molecule has 0 aliphatic carbocycles. The zero-order valence-electron chi connectivity index (χ0n) is 10.5. The Morgan fingerprint density at radius 1 is 1.30 bits per heavy atom. The van der Waals surface area contributed by atoms with Crippen LogP contribution in [0.15, 0.2) is 17.5 Å². The van der Waals surface area contributed by atoms with E-state index in [4.69, 9.17) is 0 Å². The number of aromatic nitrogens is 2. The first-order chi connectivity index (χ1) is 9.54. The number of alkyl halides is 3. The Kier molecular flexibility index (Phi) is 3.47. The summed E-state index contributed by atoms with van der Waals surface area (Å²) in [6.45, 7) is 0.837. The second-order valence-corrected chi connectivity index (χ2v) is 5.63. The van der Waals surface area contributed by atoms with Crippen LogP contribution < -0.4 is 5.32 Å². The molecule has 0 saturated heterocycles. The fourth-order valence-electron chi connectivity index (χ4n) is 2.28. The van der Waals surface area contributed by atoms with Crippen LogP contribution in [0.25, 0.3) is 0 Å². The molecule has 106 valence electrons. The lowest BCUT2D eigenvalue weighted by atomic mass is 10.0. The first-order valence-electron chi connectivity index (χ1n) is 6.23. The quantitative estimate of drug-likeness (QED) is 0.926. The van der Waals surface area contributed by atoms with Crippen molar-refractivity contribution >= 4 is 11.3 Å². The molecule has 1 aliphatic rings. The summed E-state index contributed by atoms with van der Waals surface area (Å²) in [6, 6.07) is 3.75. The van der Waals surface area contributed by atoms with E-state index >= 15 is 0 Å². The molecule has 2 aromatic heterocycles. The molecule has 20 heavy (non-hydrogen) atoms. The number of halogens is 3. The van der Waals surface area contributed by atoms with Crippen molar-refractivity contribution < 1.29 is 13.2 Å². The maximum atomic E-state index is 13.1. The zero-order valence-corrected chi connectivity index (χ0v) is 11.3. The van der Waals surface area contributed by atoms with Crippen molar-refractivity contribution in [2.75, 3.05) is 6.54 Å². The maximum Gasteiger partial charge on any atom is 0.433 e. The van der Waals surface area contributed by atoms with E-state index in [2.05, 4.69) is 15.3 Å². The molecule has 1 N–H and O–H groups in total. The molecule has 1 aliphatic heterocycles. The molecule has 2 aromatic rings. The average Bonchev–Trinajstić information content (AvgIpc) is 2.89. The topological polar surface area (TPSA) is 37.8 Å². The summed E-state index contributed by atoms with van der Waals surface area (Å²) in [6.07, 6.45) is -3.57. The van der Waals surface area contributed by atoms with Gasteiger partial charge in [-0.25, -0.2) is 9.97 Å². The van der Waals surface area contributed by atoms with Crippen LogP contribution in [-0.4, -0.2) is 16.5 Å². The molecular formula is C13H12F3N3S. The van der Waals surface area contributed by atoms with Crippen LogP contribution in [0.3, 0.4) is 0 Å². The molecule has 7 heteroatoms. The molecule has 0 bridgehead atoms. The Balaban J connectivity index is 2.03. The van der Waals surface area contributed by atoms with Crippen LogP contribution in [0.4, 0.5) is 13.2 Å². The molecule has 0 unspecified atom stereocenters. The van der Waals surface area contributed by atoms with Crippen molar-refractivity contribution in [1.82, 2.24) is 15.3 Å². The number of rotatable bonds is 2.